The van der Waals surface area contributed by atoms with Gasteiger partial charge < -0.3 is 20.1 Å². The fourth-order valence-electron chi connectivity index (χ4n) is 3.92. The molecule has 2 aliphatic heterocycles. The zero-order valence-corrected chi connectivity index (χ0v) is 15.6. The molecule has 0 aromatic heterocycles. The lowest BCUT2D eigenvalue weighted by atomic mass is 9.78. The summed E-state index contributed by atoms with van der Waals surface area (Å²) in [7, 11) is 0. The van der Waals surface area contributed by atoms with Crippen LogP contribution in [0.1, 0.15) is 51.2 Å². The number of likely N-dealkylation sites (tertiary alicyclic amines) is 1. The Morgan fingerprint density at radius 1 is 1.32 bits per heavy atom. The van der Waals surface area contributed by atoms with E-state index in [2.05, 4.69) is 24.3 Å². The molecule has 1 spiro atoms. The largest absolute Gasteiger partial charge is 0.444 e. The highest BCUT2D eigenvalue weighted by atomic mass is 16.6. The first kappa shape index (κ1) is 18.2. The number of hydrogen-bond donors (Lipinski definition) is 1. The molecule has 2 N–H and O–H groups in total. The molecular weight excluding hydrogens is 316 g/mol. The van der Waals surface area contributed by atoms with Gasteiger partial charge in [0.05, 0.1) is 11.7 Å². The van der Waals surface area contributed by atoms with Crippen LogP contribution >= 0.6 is 0 Å². The summed E-state index contributed by atoms with van der Waals surface area (Å²) < 4.78 is 12.1. The lowest BCUT2D eigenvalue weighted by Gasteiger charge is -2.47. The molecule has 1 unspecified atom stereocenters. The summed E-state index contributed by atoms with van der Waals surface area (Å²) in [6.07, 6.45) is 3.31. The molecule has 2 heterocycles. The van der Waals surface area contributed by atoms with E-state index in [-0.39, 0.29) is 17.8 Å². The number of carbonyl (C=O) groups excluding carboxylic acids is 1. The van der Waals surface area contributed by atoms with Crippen molar-refractivity contribution < 1.29 is 14.3 Å². The number of carbonyl (C=O) groups is 1. The third kappa shape index (κ3) is 3.98. The van der Waals surface area contributed by atoms with Gasteiger partial charge in [0.15, 0.2) is 0 Å². The average molecular weight is 346 g/mol. The minimum absolute atomic E-state index is 0.160. The van der Waals surface area contributed by atoms with Crippen LogP contribution in [0.4, 0.5) is 4.79 Å². The van der Waals surface area contributed by atoms with Gasteiger partial charge in [-0.15, -0.1) is 0 Å². The fraction of sp³-hybridized carbons (Fsp3) is 0.650. The second-order valence-corrected chi connectivity index (χ2v) is 8.14. The minimum atomic E-state index is -0.466. The van der Waals surface area contributed by atoms with Gasteiger partial charge in [-0.1, -0.05) is 24.3 Å². The number of amides is 1. The number of nitrogens with zero attached hydrogens (tertiary/aromatic N) is 1. The maximum atomic E-state index is 12.3. The molecule has 25 heavy (non-hydrogen) atoms. The van der Waals surface area contributed by atoms with E-state index in [1.54, 1.807) is 4.90 Å². The second-order valence-electron chi connectivity index (χ2n) is 8.14. The molecule has 5 heteroatoms. The highest BCUT2D eigenvalue weighted by molar-refractivity contribution is 5.68. The number of benzene rings is 1. The Hall–Kier alpha value is -1.59. The molecule has 1 amide bonds. The number of ether oxygens (including phenoxy) is 2. The van der Waals surface area contributed by atoms with E-state index < -0.39 is 5.60 Å². The molecule has 0 bridgehead atoms. The van der Waals surface area contributed by atoms with Gasteiger partial charge >= 0.3 is 6.09 Å². The Balaban J connectivity index is 1.75. The Bertz CT molecular complexity index is 616. The van der Waals surface area contributed by atoms with Crippen molar-refractivity contribution in [1.29, 1.82) is 0 Å². The van der Waals surface area contributed by atoms with Crippen LogP contribution in [0.15, 0.2) is 24.3 Å². The fourth-order valence-corrected chi connectivity index (χ4v) is 3.92. The van der Waals surface area contributed by atoms with Crippen LogP contribution in [0.25, 0.3) is 0 Å². The molecule has 1 atom stereocenters. The summed E-state index contributed by atoms with van der Waals surface area (Å²) in [6, 6.07) is 8.54. The molecule has 1 aromatic carbocycles. The van der Waals surface area contributed by atoms with Crippen molar-refractivity contribution in [2.45, 2.75) is 63.8 Å². The van der Waals surface area contributed by atoms with Crippen LogP contribution < -0.4 is 5.73 Å². The van der Waals surface area contributed by atoms with E-state index in [0.717, 1.165) is 25.7 Å². The SMILES string of the molecule is CC(C)(C)OC(=O)N1CCC2(CC1)OC(CCN)Cc1ccccc12. The molecule has 1 aromatic rings. The van der Waals surface area contributed by atoms with E-state index in [0.29, 0.717) is 19.6 Å². The molecule has 1 fully saturated rings. The summed E-state index contributed by atoms with van der Waals surface area (Å²) in [5.74, 6) is 0. The van der Waals surface area contributed by atoms with Crippen LogP contribution in [-0.2, 0) is 21.5 Å². The van der Waals surface area contributed by atoms with E-state index in [1.165, 1.54) is 11.1 Å². The van der Waals surface area contributed by atoms with Crippen molar-refractivity contribution >= 4 is 6.09 Å². The molecule has 1 saturated heterocycles. The van der Waals surface area contributed by atoms with Crippen molar-refractivity contribution in [3.05, 3.63) is 35.4 Å². The van der Waals surface area contributed by atoms with Crippen LogP contribution in [0, 0.1) is 0 Å². The molecule has 3 rings (SSSR count). The minimum Gasteiger partial charge on any atom is -0.444 e. The van der Waals surface area contributed by atoms with Crippen molar-refractivity contribution in [1.82, 2.24) is 4.90 Å². The van der Waals surface area contributed by atoms with E-state index in [4.69, 9.17) is 15.2 Å². The van der Waals surface area contributed by atoms with Crippen molar-refractivity contribution in [3.8, 4) is 0 Å². The highest BCUT2D eigenvalue weighted by Crippen LogP contribution is 2.43. The zero-order valence-electron chi connectivity index (χ0n) is 15.6. The van der Waals surface area contributed by atoms with Gasteiger partial charge in [0.25, 0.3) is 0 Å². The second kappa shape index (κ2) is 6.96. The maximum absolute atomic E-state index is 12.3. The molecule has 2 aliphatic rings. The third-order valence-corrected chi connectivity index (χ3v) is 5.06. The smallest absolute Gasteiger partial charge is 0.410 e. The topological polar surface area (TPSA) is 64.8 Å². The highest BCUT2D eigenvalue weighted by Gasteiger charge is 2.44. The molecule has 138 valence electrons. The van der Waals surface area contributed by atoms with Gasteiger partial charge in [-0.05, 0) is 64.1 Å². The molecule has 0 saturated carbocycles. The summed E-state index contributed by atoms with van der Waals surface area (Å²) in [4.78, 5) is 14.1. The van der Waals surface area contributed by atoms with Crippen molar-refractivity contribution in [3.63, 3.8) is 0 Å². The lowest BCUT2D eigenvalue weighted by Crippen LogP contribution is -2.51. The number of fused-ring (bicyclic) bond motifs is 2. The zero-order chi connectivity index (χ0) is 18.1. The van der Waals surface area contributed by atoms with Gasteiger partial charge in [-0.2, -0.15) is 0 Å². The molecular formula is C20H30N2O3. The van der Waals surface area contributed by atoms with Crippen molar-refractivity contribution in [2.24, 2.45) is 5.73 Å². The van der Waals surface area contributed by atoms with E-state index in [9.17, 15) is 4.79 Å². The number of piperidine rings is 1. The number of rotatable bonds is 2. The average Bonchev–Trinajstić information content (AvgIpc) is 2.54. The van der Waals surface area contributed by atoms with Gasteiger partial charge in [0, 0.05) is 13.1 Å². The predicted octanol–water partition coefficient (Wildman–Crippen LogP) is 3.20. The van der Waals surface area contributed by atoms with Crippen LogP contribution in [0.3, 0.4) is 0 Å². The summed E-state index contributed by atoms with van der Waals surface area (Å²) >= 11 is 0. The Labute approximate surface area is 150 Å². The van der Waals surface area contributed by atoms with Crippen LogP contribution in [0.2, 0.25) is 0 Å². The first-order chi connectivity index (χ1) is 11.8. The van der Waals surface area contributed by atoms with E-state index >= 15 is 0 Å². The number of hydrogen-bond acceptors (Lipinski definition) is 4. The Kier molecular flexibility index (Phi) is 5.07. The molecule has 5 nitrogen and oxygen atoms in total. The van der Waals surface area contributed by atoms with Crippen LogP contribution in [0.5, 0.6) is 0 Å². The van der Waals surface area contributed by atoms with Gasteiger partial charge in [0.2, 0.25) is 0 Å². The quantitative estimate of drug-likeness (QED) is 0.893. The lowest BCUT2D eigenvalue weighted by molar-refractivity contribution is -0.139. The standard InChI is InChI=1S/C20H30N2O3/c1-19(2,3)25-18(23)22-12-9-20(10-13-22)17-7-5-4-6-15(17)14-16(24-20)8-11-21/h4-7,16H,8-14,21H2,1-3H3. The molecule has 0 aliphatic carbocycles. The Morgan fingerprint density at radius 2 is 2.00 bits per heavy atom. The summed E-state index contributed by atoms with van der Waals surface area (Å²) in [5.41, 5.74) is 7.65. The molecule has 0 radical (unpaired) electrons. The summed E-state index contributed by atoms with van der Waals surface area (Å²) in [6.45, 7) is 7.63. The van der Waals surface area contributed by atoms with Gasteiger partial charge in [0.1, 0.15) is 5.60 Å². The van der Waals surface area contributed by atoms with Crippen molar-refractivity contribution in [2.75, 3.05) is 19.6 Å². The maximum Gasteiger partial charge on any atom is 0.410 e. The normalized spacial score (nSPS) is 22.6. The third-order valence-electron chi connectivity index (χ3n) is 5.06. The van der Waals surface area contributed by atoms with Crippen LogP contribution in [-0.4, -0.2) is 42.3 Å². The Morgan fingerprint density at radius 3 is 2.64 bits per heavy atom. The summed E-state index contributed by atoms with van der Waals surface area (Å²) in [5, 5.41) is 0. The van der Waals surface area contributed by atoms with Gasteiger partial charge in [-0.3, -0.25) is 0 Å². The number of nitrogens with two attached hydrogens (primary N) is 1. The first-order valence-electron chi connectivity index (χ1n) is 9.27. The van der Waals surface area contributed by atoms with E-state index in [1.807, 2.05) is 20.8 Å². The predicted molar refractivity (Wildman–Crippen MR) is 97.4 cm³/mol. The van der Waals surface area contributed by atoms with Gasteiger partial charge in [-0.25, -0.2) is 4.79 Å². The first-order valence-corrected chi connectivity index (χ1v) is 9.27. The monoisotopic (exact) mass is 346 g/mol.